The molecule has 0 fully saturated rings. The van der Waals surface area contributed by atoms with Gasteiger partial charge in [0.05, 0.1) is 6.04 Å². The van der Waals surface area contributed by atoms with Crippen LogP contribution in [-0.2, 0) is 32.0 Å². The zero-order valence-corrected chi connectivity index (χ0v) is 25.4. The number of nitrogens with two attached hydrogens (primary N) is 1. The molecule has 3 aromatic rings. The number of benzene rings is 2. The maximum Gasteiger partial charge on any atom is 0.326 e. The number of fused-ring (bicyclic) bond motifs is 1. The molecule has 4 unspecified atom stereocenters. The number of aliphatic carboxylic acids is 1. The van der Waals surface area contributed by atoms with Gasteiger partial charge in [-0.2, -0.15) is 23.5 Å². The Morgan fingerprint density at radius 2 is 1.38 bits per heavy atom. The topological polar surface area (TPSA) is 166 Å². The predicted molar refractivity (Wildman–Crippen MR) is 170 cm³/mol. The number of para-hydroxylation sites is 1. The summed E-state index contributed by atoms with van der Waals surface area (Å²) < 4.78 is 0. The van der Waals surface area contributed by atoms with Crippen molar-refractivity contribution in [3.63, 3.8) is 0 Å². The van der Waals surface area contributed by atoms with Crippen LogP contribution >= 0.6 is 23.5 Å². The van der Waals surface area contributed by atoms with Gasteiger partial charge < -0.3 is 31.8 Å². The van der Waals surface area contributed by atoms with Crippen LogP contribution in [0.25, 0.3) is 10.9 Å². The highest BCUT2D eigenvalue weighted by molar-refractivity contribution is 7.98. The van der Waals surface area contributed by atoms with Crippen LogP contribution in [0.1, 0.15) is 24.0 Å². The molecule has 2 aromatic carbocycles. The predicted octanol–water partition coefficient (Wildman–Crippen LogP) is 2.33. The van der Waals surface area contributed by atoms with Crippen LogP contribution in [-0.4, -0.2) is 82.0 Å². The van der Waals surface area contributed by atoms with Gasteiger partial charge in [0.25, 0.3) is 0 Å². The number of carbonyl (C=O) groups excluding carboxylic acids is 3. The Balaban J connectivity index is 1.78. The van der Waals surface area contributed by atoms with E-state index in [1.54, 1.807) is 18.0 Å². The fourth-order valence-corrected chi connectivity index (χ4v) is 5.44. The number of aromatic amines is 1. The molecule has 226 valence electrons. The monoisotopic (exact) mass is 613 g/mol. The standard InChI is InChI=1S/C30H39N5O5S2/c1-41-14-12-22(31)27(36)33-24(13-15-42-2)28(37)34-25(16-19-8-4-3-5-9-19)29(38)35-26(30(39)40)17-20-18-32-23-11-7-6-10-21(20)23/h3-11,18,22,24-26,32H,12-17,31H2,1-2H3,(H,33,36)(H,34,37)(H,35,38)(H,39,40). The number of aromatic nitrogens is 1. The lowest BCUT2D eigenvalue weighted by Crippen LogP contribution is -2.58. The molecule has 0 radical (unpaired) electrons. The molecular weight excluding hydrogens is 574 g/mol. The van der Waals surface area contributed by atoms with E-state index in [0.717, 1.165) is 22.0 Å². The molecule has 0 bridgehead atoms. The average Bonchev–Trinajstić information content (AvgIpc) is 3.40. The first-order chi connectivity index (χ1) is 20.2. The van der Waals surface area contributed by atoms with Crippen LogP contribution in [0.4, 0.5) is 0 Å². The molecule has 42 heavy (non-hydrogen) atoms. The number of H-pyrrole nitrogens is 1. The van der Waals surface area contributed by atoms with Gasteiger partial charge in [0.2, 0.25) is 17.7 Å². The first kappa shape index (κ1) is 33.0. The summed E-state index contributed by atoms with van der Waals surface area (Å²) in [7, 11) is 0. The average molecular weight is 614 g/mol. The highest BCUT2D eigenvalue weighted by atomic mass is 32.2. The van der Waals surface area contributed by atoms with E-state index in [4.69, 9.17) is 5.73 Å². The van der Waals surface area contributed by atoms with E-state index in [1.165, 1.54) is 11.8 Å². The minimum atomic E-state index is -1.23. The molecular formula is C30H39N5O5S2. The molecule has 0 spiro atoms. The van der Waals surface area contributed by atoms with Crippen LogP contribution in [0.2, 0.25) is 0 Å². The quantitative estimate of drug-likeness (QED) is 0.135. The fourth-order valence-electron chi connectivity index (χ4n) is 4.48. The minimum Gasteiger partial charge on any atom is -0.480 e. The number of carboxylic acids is 1. The van der Waals surface area contributed by atoms with E-state index in [1.807, 2.05) is 67.1 Å². The Morgan fingerprint density at radius 1 is 0.786 bits per heavy atom. The summed E-state index contributed by atoms with van der Waals surface area (Å²) in [6.45, 7) is 0. The molecule has 0 aliphatic rings. The van der Waals surface area contributed by atoms with E-state index in [-0.39, 0.29) is 12.8 Å². The van der Waals surface area contributed by atoms with Crippen molar-refractivity contribution in [1.82, 2.24) is 20.9 Å². The van der Waals surface area contributed by atoms with Gasteiger partial charge in [-0.3, -0.25) is 14.4 Å². The second-order valence-corrected chi connectivity index (χ2v) is 11.9. The smallest absolute Gasteiger partial charge is 0.326 e. The molecule has 1 aromatic heterocycles. The Morgan fingerprint density at radius 3 is 2.07 bits per heavy atom. The van der Waals surface area contributed by atoms with Gasteiger partial charge in [-0.15, -0.1) is 0 Å². The summed E-state index contributed by atoms with van der Waals surface area (Å²) in [5.41, 5.74) is 8.42. The summed E-state index contributed by atoms with van der Waals surface area (Å²) in [6.07, 6.45) is 6.55. The number of rotatable bonds is 17. The first-order valence-electron chi connectivity index (χ1n) is 13.7. The summed E-state index contributed by atoms with van der Waals surface area (Å²) in [5, 5.41) is 19.0. The number of amides is 3. The molecule has 0 saturated carbocycles. The molecule has 12 heteroatoms. The van der Waals surface area contributed by atoms with Crippen LogP contribution in [0, 0.1) is 0 Å². The minimum absolute atomic E-state index is 0.0530. The van der Waals surface area contributed by atoms with Crippen LogP contribution < -0.4 is 21.7 Å². The van der Waals surface area contributed by atoms with Crippen molar-refractivity contribution in [2.24, 2.45) is 5.73 Å². The van der Waals surface area contributed by atoms with Crippen molar-refractivity contribution < 1.29 is 24.3 Å². The van der Waals surface area contributed by atoms with E-state index < -0.39 is 47.9 Å². The molecule has 3 amide bonds. The van der Waals surface area contributed by atoms with Gasteiger partial charge in [0, 0.05) is 29.9 Å². The zero-order chi connectivity index (χ0) is 30.5. The summed E-state index contributed by atoms with van der Waals surface area (Å²) in [6, 6.07) is 12.7. The van der Waals surface area contributed by atoms with Crippen LogP contribution in [0.3, 0.4) is 0 Å². The molecule has 1 heterocycles. The maximum atomic E-state index is 13.6. The van der Waals surface area contributed by atoms with Gasteiger partial charge in [-0.1, -0.05) is 48.5 Å². The first-order valence-corrected chi connectivity index (χ1v) is 16.5. The van der Waals surface area contributed by atoms with Crippen LogP contribution in [0.15, 0.2) is 60.8 Å². The third-order valence-electron chi connectivity index (χ3n) is 6.84. The highest BCUT2D eigenvalue weighted by Gasteiger charge is 2.31. The SMILES string of the molecule is CSCCC(N)C(=O)NC(CCSC)C(=O)NC(Cc1ccccc1)C(=O)NC(Cc1c[nH]c2ccccc12)C(=O)O. The number of hydrogen-bond donors (Lipinski definition) is 6. The summed E-state index contributed by atoms with van der Waals surface area (Å²) in [4.78, 5) is 55.1. The molecule has 7 N–H and O–H groups in total. The van der Waals surface area contributed by atoms with Crippen LogP contribution in [0.5, 0.6) is 0 Å². The van der Waals surface area contributed by atoms with Crippen molar-refractivity contribution in [1.29, 1.82) is 0 Å². The summed E-state index contributed by atoms with van der Waals surface area (Å²) >= 11 is 3.10. The summed E-state index contributed by atoms with van der Waals surface area (Å²) in [5.74, 6) is -1.49. The van der Waals surface area contributed by atoms with Crippen molar-refractivity contribution in [2.75, 3.05) is 24.0 Å². The number of thioether (sulfide) groups is 2. The molecule has 10 nitrogen and oxygen atoms in total. The fraction of sp³-hybridized carbons (Fsp3) is 0.400. The van der Waals surface area contributed by atoms with Gasteiger partial charge in [0.15, 0.2) is 0 Å². The van der Waals surface area contributed by atoms with Gasteiger partial charge in [-0.25, -0.2) is 4.79 Å². The van der Waals surface area contributed by atoms with Gasteiger partial charge >= 0.3 is 5.97 Å². The Bertz CT molecular complexity index is 1340. The number of carboxylic acid groups (broad SMARTS) is 1. The lowest BCUT2D eigenvalue weighted by molar-refractivity contribution is -0.142. The maximum absolute atomic E-state index is 13.6. The largest absolute Gasteiger partial charge is 0.480 e. The third kappa shape index (κ3) is 9.81. The van der Waals surface area contributed by atoms with Gasteiger partial charge in [-0.05, 0) is 54.1 Å². The van der Waals surface area contributed by atoms with Gasteiger partial charge in [0.1, 0.15) is 18.1 Å². The van der Waals surface area contributed by atoms with Crippen molar-refractivity contribution in [2.45, 2.75) is 49.9 Å². The Labute approximate surface area is 254 Å². The highest BCUT2D eigenvalue weighted by Crippen LogP contribution is 2.19. The number of nitrogens with one attached hydrogen (secondary N) is 4. The van der Waals surface area contributed by atoms with E-state index in [9.17, 15) is 24.3 Å². The molecule has 0 saturated heterocycles. The lowest BCUT2D eigenvalue weighted by Gasteiger charge is -2.25. The second kappa shape index (κ2) is 16.8. The van der Waals surface area contributed by atoms with Crippen molar-refractivity contribution in [3.05, 3.63) is 71.9 Å². The second-order valence-electron chi connectivity index (χ2n) is 9.94. The molecule has 4 atom stereocenters. The zero-order valence-electron chi connectivity index (χ0n) is 23.8. The van der Waals surface area contributed by atoms with E-state index >= 15 is 0 Å². The number of carbonyl (C=O) groups is 4. The van der Waals surface area contributed by atoms with Crippen molar-refractivity contribution >= 4 is 58.1 Å². The van der Waals surface area contributed by atoms with E-state index in [2.05, 4.69) is 20.9 Å². The number of hydrogen-bond acceptors (Lipinski definition) is 7. The molecule has 3 rings (SSSR count). The van der Waals surface area contributed by atoms with Crippen molar-refractivity contribution in [3.8, 4) is 0 Å². The third-order valence-corrected chi connectivity index (χ3v) is 8.13. The molecule has 0 aliphatic heterocycles. The normalized spacial score (nSPS) is 14.0. The Kier molecular flexibility index (Phi) is 13.2. The Hall–Kier alpha value is -3.48. The lowest BCUT2D eigenvalue weighted by atomic mass is 10.0. The molecule has 0 aliphatic carbocycles. The van der Waals surface area contributed by atoms with E-state index in [0.29, 0.717) is 24.3 Å².